The zero-order valence-corrected chi connectivity index (χ0v) is 11.9. The predicted octanol–water partition coefficient (Wildman–Crippen LogP) is 4.17. The molecule has 3 rings (SSSR count). The summed E-state index contributed by atoms with van der Waals surface area (Å²) >= 11 is 5.42. The fourth-order valence-electron chi connectivity index (χ4n) is 2.18. The molecule has 88 valence electrons. The third-order valence-electron chi connectivity index (χ3n) is 3.60. The largest absolute Gasteiger partial charge is 0.330 e. The minimum absolute atomic E-state index is 0.302. The molecule has 1 aromatic carbocycles. The van der Waals surface area contributed by atoms with E-state index in [0.29, 0.717) is 5.41 Å². The standard InChI is InChI=1S/C14H14BrNS/c15-12-4-2-1-3-11(12)13-7-10(8-17-13)14(9-16)5-6-14/h1-4,7-8H,5-6,9,16H2. The predicted molar refractivity (Wildman–Crippen MR) is 77.4 cm³/mol. The molecule has 17 heavy (non-hydrogen) atoms. The number of benzene rings is 1. The summed E-state index contributed by atoms with van der Waals surface area (Å²) in [7, 11) is 0. The molecule has 1 aliphatic carbocycles. The first-order valence-electron chi connectivity index (χ1n) is 5.79. The van der Waals surface area contributed by atoms with Crippen LogP contribution in [0.4, 0.5) is 0 Å². The van der Waals surface area contributed by atoms with E-state index in [1.807, 2.05) is 17.4 Å². The van der Waals surface area contributed by atoms with E-state index in [1.54, 1.807) is 0 Å². The second kappa shape index (κ2) is 4.23. The van der Waals surface area contributed by atoms with Gasteiger partial charge in [-0.05, 0) is 35.9 Å². The Bertz CT molecular complexity index is 543. The normalized spacial score (nSPS) is 17.1. The number of hydrogen-bond acceptors (Lipinski definition) is 2. The Labute approximate surface area is 114 Å². The minimum atomic E-state index is 0.302. The Morgan fingerprint density at radius 1 is 1.29 bits per heavy atom. The third-order valence-corrected chi connectivity index (χ3v) is 5.25. The van der Waals surface area contributed by atoms with Gasteiger partial charge in [0.25, 0.3) is 0 Å². The zero-order chi connectivity index (χ0) is 11.9. The first-order valence-corrected chi connectivity index (χ1v) is 7.46. The van der Waals surface area contributed by atoms with Crippen LogP contribution in [0.1, 0.15) is 18.4 Å². The smallest absolute Gasteiger partial charge is 0.0357 e. The lowest BCUT2D eigenvalue weighted by Crippen LogP contribution is -2.18. The van der Waals surface area contributed by atoms with Gasteiger partial charge in [-0.1, -0.05) is 34.1 Å². The first-order chi connectivity index (χ1) is 8.25. The van der Waals surface area contributed by atoms with E-state index in [-0.39, 0.29) is 0 Å². The van der Waals surface area contributed by atoms with Gasteiger partial charge in [0.1, 0.15) is 0 Å². The van der Waals surface area contributed by atoms with Gasteiger partial charge in [-0.2, -0.15) is 0 Å². The van der Waals surface area contributed by atoms with Crippen molar-refractivity contribution in [3.63, 3.8) is 0 Å². The Hall–Kier alpha value is -0.640. The van der Waals surface area contributed by atoms with E-state index >= 15 is 0 Å². The highest BCUT2D eigenvalue weighted by Crippen LogP contribution is 2.49. The van der Waals surface area contributed by atoms with E-state index in [2.05, 4.69) is 45.6 Å². The average Bonchev–Trinajstić information content (AvgIpc) is 3.00. The molecule has 1 fully saturated rings. The highest BCUT2D eigenvalue weighted by atomic mass is 79.9. The molecule has 0 radical (unpaired) electrons. The summed E-state index contributed by atoms with van der Waals surface area (Å²) in [5.74, 6) is 0. The summed E-state index contributed by atoms with van der Waals surface area (Å²) in [6, 6.07) is 10.7. The molecule has 1 nitrogen and oxygen atoms in total. The lowest BCUT2D eigenvalue weighted by atomic mass is 9.98. The molecule has 2 aromatic rings. The molecular formula is C14H14BrNS. The van der Waals surface area contributed by atoms with Crippen LogP contribution < -0.4 is 5.73 Å². The average molecular weight is 308 g/mol. The van der Waals surface area contributed by atoms with Crippen LogP contribution in [0.2, 0.25) is 0 Å². The molecule has 3 heteroatoms. The molecule has 0 aliphatic heterocycles. The van der Waals surface area contributed by atoms with E-state index < -0.39 is 0 Å². The molecule has 1 aliphatic rings. The first kappa shape index (κ1) is 11.5. The van der Waals surface area contributed by atoms with Gasteiger partial charge in [0, 0.05) is 26.9 Å². The quantitative estimate of drug-likeness (QED) is 0.905. The molecule has 1 heterocycles. The summed E-state index contributed by atoms with van der Waals surface area (Å²) in [4.78, 5) is 1.33. The van der Waals surface area contributed by atoms with Crippen LogP contribution in [0, 0.1) is 0 Å². The lowest BCUT2D eigenvalue weighted by Gasteiger charge is -2.08. The molecule has 0 atom stereocenters. The van der Waals surface area contributed by atoms with Gasteiger partial charge >= 0.3 is 0 Å². The van der Waals surface area contributed by atoms with Crippen molar-refractivity contribution in [1.82, 2.24) is 0 Å². The van der Waals surface area contributed by atoms with Crippen LogP contribution in [-0.4, -0.2) is 6.54 Å². The molecular weight excluding hydrogens is 294 g/mol. The molecule has 0 unspecified atom stereocenters. The maximum Gasteiger partial charge on any atom is 0.0357 e. The molecule has 2 N–H and O–H groups in total. The SMILES string of the molecule is NCC1(c2csc(-c3ccccc3Br)c2)CC1. The van der Waals surface area contributed by atoms with Crippen molar-refractivity contribution in [3.8, 4) is 10.4 Å². The minimum Gasteiger partial charge on any atom is -0.330 e. The van der Waals surface area contributed by atoms with Gasteiger partial charge in [-0.25, -0.2) is 0 Å². The maximum absolute atomic E-state index is 5.87. The highest BCUT2D eigenvalue weighted by Gasteiger charge is 2.43. The van der Waals surface area contributed by atoms with Crippen LogP contribution in [0.15, 0.2) is 40.2 Å². The van der Waals surface area contributed by atoms with Gasteiger partial charge in [-0.3, -0.25) is 0 Å². The number of hydrogen-bond donors (Lipinski definition) is 1. The van der Waals surface area contributed by atoms with Crippen molar-refractivity contribution >= 4 is 27.3 Å². The van der Waals surface area contributed by atoms with Crippen LogP contribution in [0.5, 0.6) is 0 Å². The van der Waals surface area contributed by atoms with E-state index in [0.717, 1.165) is 11.0 Å². The molecule has 0 saturated heterocycles. The van der Waals surface area contributed by atoms with Gasteiger partial charge in [0.2, 0.25) is 0 Å². The summed E-state index contributed by atoms with van der Waals surface area (Å²) in [5.41, 5.74) is 8.88. The number of rotatable bonds is 3. The van der Waals surface area contributed by atoms with E-state index in [1.165, 1.54) is 28.8 Å². The number of nitrogens with two attached hydrogens (primary N) is 1. The Morgan fingerprint density at radius 2 is 2.06 bits per heavy atom. The van der Waals surface area contributed by atoms with Crippen molar-refractivity contribution in [3.05, 3.63) is 45.7 Å². The Morgan fingerprint density at radius 3 is 2.71 bits per heavy atom. The number of halogens is 1. The van der Waals surface area contributed by atoms with Gasteiger partial charge in [0.15, 0.2) is 0 Å². The van der Waals surface area contributed by atoms with Gasteiger partial charge < -0.3 is 5.73 Å². The fourth-order valence-corrected chi connectivity index (χ4v) is 3.88. The summed E-state index contributed by atoms with van der Waals surface area (Å²) < 4.78 is 1.16. The summed E-state index contributed by atoms with van der Waals surface area (Å²) in [6.07, 6.45) is 2.49. The van der Waals surface area contributed by atoms with Gasteiger partial charge in [0.05, 0.1) is 0 Å². The molecule has 0 amide bonds. The zero-order valence-electron chi connectivity index (χ0n) is 9.45. The van der Waals surface area contributed by atoms with E-state index in [9.17, 15) is 0 Å². The highest BCUT2D eigenvalue weighted by molar-refractivity contribution is 9.10. The second-order valence-electron chi connectivity index (χ2n) is 4.66. The van der Waals surface area contributed by atoms with Gasteiger partial charge in [-0.15, -0.1) is 11.3 Å². The maximum atomic E-state index is 5.87. The monoisotopic (exact) mass is 307 g/mol. The summed E-state index contributed by atoms with van der Waals surface area (Å²) in [5, 5.41) is 2.27. The second-order valence-corrected chi connectivity index (χ2v) is 6.43. The van der Waals surface area contributed by atoms with Crippen LogP contribution in [0.3, 0.4) is 0 Å². The van der Waals surface area contributed by atoms with Crippen molar-refractivity contribution in [1.29, 1.82) is 0 Å². The van der Waals surface area contributed by atoms with Crippen molar-refractivity contribution < 1.29 is 0 Å². The van der Waals surface area contributed by atoms with E-state index in [4.69, 9.17) is 5.73 Å². The van der Waals surface area contributed by atoms with Crippen LogP contribution in [-0.2, 0) is 5.41 Å². The molecule has 1 saturated carbocycles. The van der Waals surface area contributed by atoms with Crippen molar-refractivity contribution in [2.75, 3.05) is 6.54 Å². The Kier molecular flexibility index (Phi) is 2.85. The third kappa shape index (κ3) is 1.96. The molecule has 1 aromatic heterocycles. The van der Waals surface area contributed by atoms with Crippen molar-refractivity contribution in [2.45, 2.75) is 18.3 Å². The van der Waals surface area contributed by atoms with Crippen molar-refractivity contribution in [2.24, 2.45) is 5.73 Å². The fraction of sp³-hybridized carbons (Fsp3) is 0.286. The lowest BCUT2D eigenvalue weighted by molar-refractivity contribution is 0.708. The molecule has 0 spiro atoms. The number of thiophene rings is 1. The molecule has 0 bridgehead atoms. The summed E-state index contributed by atoms with van der Waals surface area (Å²) in [6.45, 7) is 0.777. The van der Waals surface area contributed by atoms with Crippen LogP contribution >= 0.6 is 27.3 Å². The van der Waals surface area contributed by atoms with Crippen LogP contribution in [0.25, 0.3) is 10.4 Å². The Balaban J connectivity index is 1.99. The topological polar surface area (TPSA) is 26.0 Å².